The normalized spacial score (nSPS) is 12.4. The van der Waals surface area contributed by atoms with Gasteiger partial charge in [-0.15, -0.1) is 0 Å². The second-order valence-corrected chi connectivity index (χ2v) is 8.75. The molecule has 174 valence electrons. The van der Waals surface area contributed by atoms with Crippen LogP contribution in [0, 0.1) is 5.92 Å². The van der Waals surface area contributed by atoms with E-state index in [4.69, 9.17) is 25.2 Å². The topological polar surface area (TPSA) is 75.2 Å². The van der Waals surface area contributed by atoms with Gasteiger partial charge in [-0.05, 0) is 36.1 Å². The fourth-order valence-electron chi connectivity index (χ4n) is 4.33. The number of imidazole rings is 1. The van der Waals surface area contributed by atoms with Crippen molar-refractivity contribution in [2.45, 2.75) is 53.0 Å². The number of pyridine rings is 1. The Hall–Kier alpha value is -3.28. The van der Waals surface area contributed by atoms with Crippen molar-refractivity contribution in [3.05, 3.63) is 42.2 Å². The monoisotopic (exact) mass is 446 g/mol. The highest BCUT2D eigenvalue weighted by atomic mass is 16.5. The number of ether oxygens (including phenoxy) is 2. The van der Waals surface area contributed by atoms with E-state index in [-0.39, 0.29) is 0 Å². The summed E-state index contributed by atoms with van der Waals surface area (Å²) in [6.07, 6.45) is 4.31. The summed E-state index contributed by atoms with van der Waals surface area (Å²) in [6, 6.07) is 12.2. The molecule has 2 aromatic heterocycles. The number of methoxy groups -OCH3 is 2. The maximum Gasteiger partial charge on any atom is 0.152 e. The maximum absolute atomic E-state index is 6.45. The van der Waals surface area contributed by atoms with Crippen LogP contribution in [0.2, 0.25) is 0 Å². The van der Waals surface area contributed by atoms with Gasteiger partial charge in [0.25, 0.3) is 0 Å². The summed E-state index contributed by atoms with van der Waals surface area (Å²) in [7, 11) is 3.32. The van der Waals surface area contributed by atoms with E-state index < -0.39 is 0 Å². The molecule has 0 aliphatic heterocycles. The molecular weight excluding hydrogens is 412 g/mol. The van der Waals surface area contributed by atoms with Gasteiger partial charge in [0.2, 0.25) is 0 Å². The van der Waals surface area contributed by atoms with Crippen LogP contribution in [0.25, 0.3) is 33.1 Å². The van der Waals surface area contributed by atoms with Gasteiger partial charge in [-0.25, -0.2) is 9.97 Å². The van der Waals surface area contributed by atoms with Crippen molar-refractivity contribution in [2.24, 2.45) is 5.92 Å². The summed E-state index contributed by atoms with van der Waals surface area (Å²) in [4.78, 5) is 9.71. The van der Waals surface area contributed by atoms with Crippen molar-refractivity contribution in [3.8, 4) is 22.6 Å². The standard InChI is InChI=1S/C27H34N4O2/c1-6-8-9-24-30-25-26(31(24)16-17(3)7-2)21-12-10-18(14-22(21)29-27(25)28)20-13-11-19(32-4)15-23(20)33-5/h10-15,17H,6-9,16H2,1-5H3,(H2,28,29). The summed E-state index contributed by atoms with van der Waals surface area (Å²) in [5.41, 5.74) is 11.2. The van der Waals surface area contributed by atoms with Crippen LogP contribution in [-0.2, 0) is 13.0 Å². The van der Waals surface area contributed by atoms with E-state index in [1.54, 1.807) is 14.2 Å². The summed E-state index contributed by atoms with van der Waals surface area (Å²) >= 11 is 0. The average molecular weight is 447 g/mol. The van der Waals surface area contributed by atoms with Crippen LogP contribution in [0.5, 0.6) is 11.5 Å². The lowest BCUT2D eigenvalue weighted by atomic mass is 10.0. The van der Waals surface area contributed by atoms with Gasteiger partial charge in [-0.3, -0.25) is 0 Å². The highest BCUT2D eigenvalue weighted by Crippen LogP contribution is 2.37. The number of aryl methyl sites for hydroxylation is 1. The van der Waals surface area contributed by atoms with E-state index in [1.807, 2.05) is 18.2 Å². The smallest absolute Gasteiger partial charge is 0.152 e. The molecule has 2 aromatic carbocycles. The molecule has 4 aromatic rings. The molecule has 0 spiro atoms. The number of aromatic nitrogens is 3. The number of nitrogens with two attached hydrogens (primary N) is 1. The van der Waals surface area contributed by atoms with Crippen LogP contribution in [0.15, 0.2) is 36.4 Å². The Kier molecular flexibility index (Phi) is 6.72. The van der Waals surface area contributed by atoms with E-state index in [2.05, 4.69) is 43.5 Å². The van der Waals surface area contributed by atoms with Crippen LogP contribution in [0.3, 0.4) is 0 Å². The minimum Gasteiger partial charge on any atom is -0.497 e. The van der Waals surface area contributed by atoms with Crippen molar-refractivity contribution in [3.63, 3.8) is 0 Å². The van der Waals surface area contributed by atoms with E-state index in [1.165, 1.54) is 0 Å². The average Bonchev–Trinajstić information content (AvgIpc) is 3.20. The number of hydrogen-bond acceptors (Lipinski definition) is 5. The van der Waals surface area contributed by atoms with Gasteiger partial charge in [0.15, 0.2) is 5.82 Å². The van der Waals surface area contributed by atoms with Gasteiger partial charge in [0.05, 0.1) is 25.3 Å². The molecule has 0 saturated heterocycles. The minimum absolute atomic E-state index is 0.483. The molecule has 0 fully saturated rings. The lowest BCUT2D eigenvalue weighted by molar-refractivity contribution is 0.395. The summed E-state index contributed by atoms with van der Waals surface area (Å²) in [6.45, 7) is 7.66. The van der Waals surface area contributed by atoms with Gasteiger partial charge < -0.3 is 19.8 Å². The third kappa shape index (κ3) is 4.34. The lowest BCUT2D eigenvalue weighted by Crippen LogP contribution is -2.10. The maximum atomic E-state index is 6.45. The number of hydrogen-bond donors (Lipinski definition) is 1. The highest BCUT2D eigenvalue weighted by molar-refractivity contribution is 6.07. The predicted molar refractivity (Wildman–Crippen MR) is 136 cm³/mol. The minimum atomic E-state index is 0.483. The molecule has 2 heterocycles. The van der Waals surface area contributed by atoms with Crippen LogP contribution in [0.1, 0.15) is 45.9 Å². The summed E-state index contributed by atoms with van der Waals surface area (Å²) in [5, 5.41) is 1.08. The Morgan fingerprint density at radius 3 is 2.55 bits per heavy atom. The van der Waals surface area contributed by atoms with Crippen molar-refractivity contribution in [1.29, 1.82) is 0 Å². The van der Waals surface area contributed by atoms with Crippen LogP contribution in [-0.4, -0.2) is 28.8 Å². The number of nitrogen functional groups attached to an aromatic ring is 1. The first-order valence-corrected chi connectivity index (χ1v) is 11.8. The first kappa shape index (κ1) is 22.9. The Morgan fingerprint density at radius 1 is 1.03 bits per heavy atom. The van der Waals surface area contributed by atoms with Crippen molar-refractivity contribution >= 4 is 27.8 Å². The van der Waals surface area contributed by atoms with Crippen molar-refractivity contribution in [2.75, 3.05) is 20.0 Å². The van der Waals surface area contributed by atoms with E-state index in [0.29, 0.717) is 11.7 Å². The molecule has 0 bridgehead atoms. The quantitative estimate of drug-likeness (QED) is 0.329. The Labute approximate surface area is 195 Å². The van der Waals surface area contributed by atoms with Crippen LogP contribution < -0.4 is 15.2 Å². The molecule has 4 rings (SSSR count). The third-order valence-corrected chi connectivity index (χ3v) is 6.45. The molecule has 6 nitrogen and oxygen atoms in total. The fourth-order valence-corrected chi connectivity index (χ4v) is 4.33. The molecule has 2 N–H and O–H groups in total. The van der Waals surface area contributed by atoms with Crippen molar-refractivity contribution < 1.29 is 9.47 Å². The predicted octanol–water partition coefficient (Wildman–Crippen LogP) is 6.24. The highest BCUT2D eigenvalue weighted by Gasteiger charge is 2.19. The molecule has 0 radical (unpaired) electrons. The molecule has 0 saturated carbocycles. The van der Waals surface area contributed by atoms with Crippen LogP contribution >= 0.6 is 0 Å². The second kappa shape index (κ2) is 9.69. The molecule has 1 unspecified atom stereocenters. The molecule has 0 aliphatic rings. The van der Waals surface area contributed by atoms with E-state index in [0.717, 1.165) is 82.6 Å². The number of fused-ring (bicyclic) bond motifs is 3. The Bertz CT molecular complexity index is 1280. The number of nitrogens with zero attached hydrogens (tertiary/aromatic N) is 3. The first-order chi connectivity index (χ1) is 16.0. The Balaban J connectivity index is 1.92. The number of unbranched alkanes of at least 4 members (excludes halogenated alkanes) is 1. The molecule has 0 aliphatic carbocycles. The zero-order valence-corrected chi connectivity index (χ0v) is 20.3. The first-order valence-electron chi connectivity index (χ1n) is 11.8. The van der Waals surface area contributed by atoms with Crippen LogP contribution in [0.4, 0.5) is 5.82 Å². The number of rotatable bonds is 9. The Morgan fingerprint density at radius 2 is 1.85 bits per heavy atom. The second-order valence-electron chi connectivity index (χ2n) is 8.75. The molecule has 0 amide bonds. The molecule has 33 heavy (non-hydrogen) atoms. The van der Waals surface area contributed by atoms with Gasteiger partial charge in [0, 0.05) is 30.0 Å². The summed E-state index contributed by atoms with van der Waals surface area (Å²) in [5.74, 6) is 3.65. The number of benzene rings is 2. The zero-order chi connectivity index (χ0) is 23.5. The number of anilines is 1. The lowest BCUT2D eigenvalue weighted by Gasteiger charge is -2.15. The van der Waals surface area contributed by atoms with E-state index >= 15 is 0 Å². The summed E-state index contributed by atoms with van der Waals surface area (Å²) < 4.78 is 13.4. The van der Waals surface area contributed by atoms with Crippen molar-refractivity contribution in [1.82, 2.24) is 14.5 Å². The SMILES string of the molecule is CCCCc1nc2c(N)nc3cc(-c4ccc(OC)cc4OC)ccc3c2n1CC(C)CC. The van der Waals surface area contributed by atoms with Gasteiger partial charge in [-0.1, -0.05) is 45.7 Å². The molecular formula is C27H34N4O2. The van der Waals surface area contributed by atoms with E-state index in [9.17, 15) is 0 Å². The molecule has 6 heteroatoms. The fraction of sp³-hybridized carbons (Fsp3) is 0.407. The van der Waals surface area contributed by atoms with Gasteiger partial charge in [-0.2, -0.15) is 0 Å². The zero-order valence-electron chi connectivity index (χ0n) is 20.3. The third-order valence-electron chi connectivity index (χ3n) is 6.45. The largest absolute Gasteiger partial charge is 0.497 e. The van der Waals surface area contributed by atoms with Gasteiger partial charge in [0.1, 0.15) is 22.8 Å². The molecule has 1 atom stereocenters. The van der Waals surface area contributed by atoms with Gasteiger partial charge >= 0.3 is 0 Å².